The molecule has 1 aromatic carbocycles. The fourth-order valence-corrected chi connectivity index (χ4v) is 3.14. The average Bonchev–Trinajstić information content (AvgIpc) is 3.04. The largest absolute Gasteiger partial charge is 0.323 e. The van der Waals surface area contributed by atoms with E-state index in [4.69, 9.17) is 0 Å². The van der Waals surface area contributed by atoms with E-state index in [0.29, 0.717) is 18.3 Å². The lowest BCUT2D eigenvalue weighted by atomic mass is 9.85. The molecule has 1 aliphatic rings. The maximum Gasteiger partial charge on any atom is 0.224 e. The van der Waals surface area contributed by atoms with Gasteiger partial charge in [-0.2, -0.15) is 5.10 Å². The van der Waals surface area contributed by atoms with Crippen LogP contribution in [0.25, 0.3) is 5.69 Å². The summed E-state index contributed by atoms with van der Waals surface area (Å²) >= 11 is 0. The Balaban J connectivity index is 0.00000208. The van der Waals surface area contributed by atoms with E-state index in [9.17, 15) is 4.79 Å². The molecule has 130 valence electrons. The van der Waals surface area contributed by atoms with Crippen molar-refractivity contribution in [1.29, 1.82) is 0 Å². The summed E-state index contributed by atoms with van der Waals surface area (Å²) in [7, 11) is 0. The van der Waals surface area contributed by atoms with E-state index < -0.39 is 0 Å². The second kappa shape index (κ2) is 8.85. The smallest absolute Gasteiger partial charge is 0.224 e. The summed E-state index contributed by atoms with van der Waals surface area (Å²) in [6, 6.07) is 9.87. The standard InChI is InChI=1S/C18H24N4O.ClH/c1-14(15-6-5-9-19-11-15)10-18(23)21-16-12-20-22(13-16)17-7-3-2-4-8-17;/h2-4,7-8,12-15,19H,5-6,9-11H2,1H3,(H,21,23);1H. The van der Waals surface area contributed by atoms with Gasteiger partial charge in [0.15, 0.2) is 0 Å². The van der Waals surface area contributed by atoms with Crippen molar-refractivity contribution < 1.29 is 4.79 Å². The van der Waals surface area contributed by atoms with Crippen LogP contribution in [-0.4, -0.2) is 28.8 Å². The summed E-state index contributed by atoms with van der Waals surface area (Å²) in [4.78, 5) is 12.2. The number of para-hydroxylation sites is 1. The minimum atomic E-state index is 0. The molecule has 3 rings (SSSR count). The first-order chi connectivity index (χ1) is 11.2. The van der Waals surface area contributed by atoms with Gasteiger partial charge in [0, 0.05) is 6.42 Å². The lowest BCUT2D eigenvalue weighted by Crippen LogP contribution is -2.34. The Hall–Kier alpha value is -1.85. The first kappa shape index (κ1) is 18.5. The van der Waals surface area contributed by atoms with Crippen LogP contribution >= 0.6 is 12.4 Å². The predicted molar refractivity (Wildman–Crippen MR) is 98.8 cm³/mol. The molecule has 2 atom stereocenters. The zero-order valence-corrected chi connectivity index (χ0v) is 14.8. The van der Waals surface area contributed by atoms with Crippen LogP contribution in [0.15, 0.2) is 42.7 Å². The molecule has 0 radical (unpaired) electrons. The highest BCUT2D eigenvalue weighted by Gasteiger charge is 2.22. The molecule has 1 amide bonds. The highest BCUT2D eigenvalue weighted by atomic mass is 35.5. The quantitative estimate of drug-likeness (QED) is 0.872. The van der Waals surface area contributed by atoms with Gasteiger partial charge in [0.2, 0.25) is 5.91 Å². The van der Waals surface area contributed by atoms with E-state index in [2.05, 4.69) is 22.7 Å². The van der Waals surface area contributed by atoms with Crippen LogP contribution in [0.3, 0.4) is 0 Å². The Kier molecular flexibility index (Phi) is 6.82. The molecule has 1 aliphatic heterocycles. The van der Waals surface area contributed by atoms with E-state index in [1.165, 1.54) is 12.8 Å². The van der Waals surface area contributed by atoms with Crippen LogP contribution in [0.2, 0.25) is 0 Å². The number of hydrogen-bond donors (Lipinski definition) is 2. The van der Waals surface area contributed by atoms with Crippen LogP contribution in [0.4, 0.5) is 5.69 Å². The second-order valence-corrected chi connectivity index (χ2v) is 6.35. The number of halogens is 1. The van der Waals surface area contributed by atoms with E-state index in [-0.39, 0.29) is 18.3 Å². The number of rotatable bonds is 5. The lowest BCUT2D eigenvalue weighted by Gasteiger charge is -2.27. The van der Waals surface area contributed by atoms with Gasteiger partial charge in [0.25, 0.3) is 0 Å². The molecule has 0 spiro atoms. The van der Waals surface area contributed by atoms with E-state index in [0.717, 1.165) is 24.5 Å². The number of anilines is 1. The van der Waals surface area contributed by atoms with Gasteiger partial charge >= 0.3 is 0 Å². The molecule has 1 aromatic heterocycles. The first-order valence-corrected chi connectivity index (χ1v) is 8.33. The monoisotopic (exact) mass is 348 g/mol. The summed E-state index contributed by atoms with van der Waals surface area (Å²) in [5.74, 6) is 1.06. The summed E-state index contributed by atoms with van der Waals surface area (Å²) < 4.78 is 1.77. The Labute approximate surface area is 149 Å². The molecule has 2 aromatic rings. The van der Waals surface area contributed by atoms with Crippen molar-refractivity contribution in [3.05, 3.63) is 42.7 Å². The predicted octanol–water partition coefficient (Wildman–Crippen LogP) is 3.26. The molecule has 2 unspecified atom stereocenters. The third-order valence-corrected chi connectivity index (χ3v) is 4.53. The summed E-state index contributed by atoms with van der Waals surface area (Å²) in [5.41, 5.74) is 1.72. The van der Waals surface area contributed by atoms with Crippen LogP contribution < -0.4 is 10.6 Å². The third kappa shape index (κ3) is 4.82. The number of aromatic nitrogens is 2. The second-order valence-electron chi connectivity index (χ2n) is 6.35. The van der Waals surface area contributed by atoms with Crippen molar-refractivity contribution >= 4 is 24.0 Å². The van der Waals surface area contributed by atoms with Gasteiger partial charge in [-0.3, -0.25) is 4.79 Å². The summed E-state index contributed by atoms with van der Waals surface area (Å²) in [5, 5.41) is 10.7. The Morgan fingerprint density at radius 2 is 2.21 bits per heavy atom. The SMILES string of the molecule is CC(CC(=O)Nc1cnn(-c2ccccc2)c1)C1CCCNC1.Cl. The topological polar surface area (TPSA) is 59.0 Å². The van der Waals surface area contributed by atoms with Crippen molar-refractivity contribution in [2.45, 2.75) is 26.2 Å². The molecular weight excluding hydrogens is 324 g/mol. The van der Waals surface area contributed by atoms with E-state index >= 15 is 0 Å². The van der Waals surface area contributed by atoms with Crippen molar-refractivity contribution in [2.75, 3.05) is 18.4 Å². The molecule has 0 bridgehead atoms. The molecule has 0 aliphatic carbocycles. The number of carbonyl (C=O) groups excluding carboxylic acids is 1. The molecule has 1 saturated heterocycles. The molecule has 5 nitrogen and oxygen atoms in total. The normalized spacial score (nSPS) is 18.5. The van der Waals surface area contributed by atoms with Crippen LogP contribution in [0, 0.1) is 11.8 Å². The fraction of sp³-hybridized carbons (Fsp3) is 0.444. The van der Waals surface area contributed by atoms with E-state index in [1.54, 1.807) is 10.9 Å². The molecule has 24 heavy (non-hydrogen) atoms. The maximum atomic E-state index is 12.2. The zero-order valence-electron chi connectivity index (χ0n) is 13.9. The van der Waals surface area contributed by atoms with Gasteiger partial charge in [0.1, 0.15) is 0 Å². The number of nitrogens with one attached hydrogen (secondary N) is 2. The number of benzene rings is 1. The van der Waals surface area contributed by atoms with Crippen molar-refractivity contribution in [3.63, 3.8) is 0 Å². The molecule has 2 heterocycles. The van der Waals surface area contributed by atoms with Crippen molar-refractivity contribution in [1.82, 2.24) is 15.1 Å². The Morgan fingerprint density at radius 3 is 2.92 bits per heavy atom. The fourth-order valence-electron chi connectivity index (χ4n) is 3.14. The minimum absolute atomic E-state index is 0. The number of nitrogens with zero attached hydrogens (tertiary/aromatic N) is 2. The van der Waals surface area contributed by atoms with Gasteiger partial charge in [-0.1, -0.05) is 25.1 Å². The zero-order chi connectivity index (χ0) is 16.1. The number of amides is 1. The van der Waals surface area contributed by atoms with Gasteiger partial charge in [-0.15, -0.1) is 12.4 Å². The Morgan fingerprint density at radius 1 is 1.42 bits per heavy atom. The van der Waals surface area contributed by atoms with Crippen LogP contribution in [0.5, 0.6) is 0 Å². The molecule has 6 heteroatoms. The van der Waals surface area contributed by atoms with Crippen LogP contribution in [0.1, 0.15) is 26.2 Å². The Bertz CT molecular complexity index is 637. The van der Waals surface area contributed by atoms with Gasteiger partial charge in [-0.25, -0.2) is 4.68 Å². The highest BCUT2D eigenvalue weighted by molar-refractivity contribution is 5.90. The molecular formula is C18H25ClN4O. The van der Waals surface area contributed by atoms with Gasteiger partial charge < -0.3 is 10.6 Å². The molecule has 0 saturated carbocycles. The molecule has 1 fully saturated rings. The summed E-state index contributed by atoms with van der Waals surface area (Å²) in [6.45, 7) is 4.30. The van der Waals surface area contributed by atoms with Crippen molar-refractivity contribution in [3.8, 4) is 5.69 Å². The number of hydrogen-bond acceptors (Lipinski definition) is 3. The number of piperidine rings is 1. The van der Waals surface area contributed by atoms with Crippen LogP contribution in [-0.2, 0) is 4.79 Å². The average molecular weight is 349 g/mol. The van der Waals surface area contributed by atoms with Gasteiger partial charge in [-0.05, 0) is 49.9 Å². The summed E-state index contributed by atoms with van der Waals surface area (Å²) in [6.07, 6.45) is 6.52. The van der Waals surface area contributed by atoms with Crippen molar-refractivity contribution in [2.24, 2.45) is 11.8 Å². The first-order valence-electron chi connectivity index (χ1n) is 8.33. The maximum absolute atomic E-state index is 12.2. The minimum Gasteiger partial charge on any atom is -0.323 e. The third-order valence-electron chi connectivity index (χ3n) is 4.53. The van der Waals surface area contributed by atoms with E-state index in [1.807, 2.05) is 36.5 Å². The molecule has 2 N–H and O–H groups in total. The number of carbonyl (C=O) groups is 1. The highest BCUT2D eigenvalue weighted by Crippen LogP contribution is 2.23. The van der Waals surface area contributed by atoms with Gasteiger partial charge in [0.05, 0.1) is 23.8 Å². The lowest BCUT2D eigenvalue weighted by molar-refractivity contribution is -0.117.